The predicted octanol–water partition coefficient (Wildman–Crippen LogP) is 2.74. The van der Waals surface area contributed by atoms with E-state index in [9.17, 15) is 4.79 Å². The van der Waals surface area contributed by atoms with Gasteiger partial charge < -0.3 is 9.84 Å². The molecule has 0 atom stereocenters. The Bertz CT molecular complexity index is 402. The summed E-state index contributed by atoms with van der Waals surface area (Å²) in [6.07, 6.45) is 3.28. The van der Waals surface area contributed by atoms with Crippen molar-refractivity contribution in [1.82, 2.24) is 0 Å². The van der Waals surface area contributed by atoms with Crippen LogP contribution < -0.4 is 4.74 Å². The van der Waals surface area contributed by atoms with Crippen molar-refractivity contribution < 1.29 is 14.6 Å². The zero-order valence-corrected chi connectivity index (χ0v) is 9.14. The summed E-state index contributed by atoms with van der Waals surface area (Å²) in [6.45, 7) is 5.57. The van der Waals surface area contributed by atoms with Gasteiger partial charge in [0.2, 0.25) is 0 Å². The Morgan fingerprint density at radius 3 is 2.56 bits per heavy atom. The van der Waals surface area contributed by atoms with Gasteiger partial charge in [-0.1, -0.05) is 24.8 Å². The van der Waals surface area contributed by atoms with Gasteiger partial charge in [0.15, 0.2) is 0 Å². The van der Waals surface area contributed by atoms with Crippen molar-refractivity contribution in [2.75, 3.05) is 6.61 Å². The molecule has 3 nitrogen and oxygen atoms in total. The van der Waals surface area contributed by atoms with E-state index in [4.69, 9.17) is 9.84 Å². The molecule has 16 heavy (non-hydrogen) atoms. The second-order valence-electron chi connectivity index (χ2n) is 3.30. The Hall–Kier alpha value is -2.03. The van der Waals surface area contributed by atoms with E-state index >= 15 is 0 Å². The lowest BCUT2D eigenvalue weighted by Crippen LogP contribution is -1.95. The number of carboxylic acids is 1. The molecule has 1 rings (SSSR count). The molecule has 0 aromatic heterocycles. The first kappa shape index (κ1) is 12.0. The molecule has 0 fully saturated rings. The molecule has 0 unspecified atom stereocenters. The molecule has 1 N–H and O–H groups in total. The number of carbonyl (C=O) groups is 1. The summed E-state index contributed by atoms with van der Waals surface area (Å²) in [5.74, 6) is -0.169. The van der Waals surface area contributed by atoms with E-state index in [2.05, 4.69) is 6.58 Å². The molecule has 0 spiro atoms. The maximum absolute atomic E-state index is 10.6. The van der Waals surface area contributed by atoms with Crippen molar-refractivity contribution in [1.29, 1.82) is 0 Å². The Morgan fingerprint density at radius 2 is 2.06 bits per heavy atom. The van der Waals surface area contributed by atoms with Gasteiger partial charge >= 0.3 is 5.97 Å². The van der Waals surface area contributed by atoms with Crippen LogP contribution in [-0.4, -0.2) is 17.7 Å². The fourth-order valence-corrected chi connectivity index (χ4v) is 1.13. The molecule has 0 aliphatic carbocycles. The van der Waals surface area contributed by atoms with E-state index in [1.54, 1.807) is 31.2 Å². The quantitative estimate of drug-likeness (QED) is 0.610. The third kappa shape index (κ3) is 3.61. The molecule has 1 aromatic carbocycles. The van der Waals surface area contributed by atoms with E-state index < -0.39 is 5.97 Å². The zero-order chi connectivity index (χ0) is 12.0. The van der Waals surface area contributed by atoms with Crippen LogP contribution in [-0.2, 0) is 4.79 Å². The number of ether oxygens (including phenoxy) is 1. The van der Waals surface area contributed by atoms with E-state index in [1.807, 2.05) is 12.1 Å². The maximum Gasteiger partial charge on any atom is 0.331 e. The van der Waals surface area contributed by atoms with Crippen LogP contribution in [0.1, 0.15) is 12.5 Å². The van der Waals surface area contributed by atoms with Gasteiger partial charge in [0.1, 0.15) is 12.4 Å². The monoisotopic (exact) mass is 218 g/mol. The third-order valence-electron chi connectivity index (χ3n) is 1.97. The van der Waals surface area contributed by atoms with Gasteiger partial charge in [-0.15, -0.1) is 0 Å². The highest BCUT2D eigenvalue weighted by Crippen LogP contribution is 2.14. The van der Waals surface area contributed by atoms with Crippen molar-refractivity contribution >= 4 is 12.0 Å². The van der Waals surface area contributed by atoms with Crippen molar-refractivity contribution in [2.45, 2.75) is 6.92 Å². The first-order valence-electron chi connectivity index (χ1n) is 4.89. The van der Waals surface area contributed by atoms with Crippen molar-refractivity contribution in [3.63, 3.8) is 0 Å². The lowest BCUT2D eigenvalue weighted by molar-refractivity contribution is -0.132. The minimum Gasteiger partial charge on any atom is -0.490 e. The second-order valence-corrected chi connectivity index (χ2v) is 3.30. The van der Waals surface area contributed by atoms with E-state index in [-0.39, 0.29) is 0 Å². The number of hydrogen-bond acceptors (Lipinski definition) is 2. The topological polar surface area (TPSA) is 46.5 Å². The first-order valence-corrected chi connectivity index (χ1v) is 4.89. The van der Waals surface area contributed by atoms with Gasteiger partial charge in [0, 0.05) is 5.57 Å². The van der Waals surface area contributed by atoms with E-state index in [0.29, 0.717) is 12.2 Å². The second kappa shape index (κ2) is 5.75. The number of rotatable bonds is 5. The summed E-state index contributed by atoms with van der Waals surface area (Å²) in [7, 11) is 0. The van der Waals surface area contributed by atoms with Crippen LogP contribution in [0.2, 0.25) is 0 Å². The van der Waals surface area contributed by atoms with Gasteiger partial charge in [0.05, 0.1) is 0 Å². The fraction of sp³-hybridized carbons (Fsp3) is 0.154. The van der Waals surface area contributed by atoms with Crippen molar-refractivity contribution in [3.05, 3.63) is 48.1 Å². The number of aliphatic carboxylic acids is 1. The lowest BCUT2D eigenvalue weighted by Gasteiger charge is -2.03. The molecule has 0 bridgehead atoms. The van der Waals surface area contributed by atoms with Gasteiger partial charge in [-0.25, -0.2) is 4.79 Å². The molecule has 3 heteroatoms. The SMILES string of the molecule is C=CCOc1ccc(/C=C(\C)C(=O)O)cc1. The van der Waals surface area contributed by atoms with Crippen LogP contribution in [0.4, 0.5) is 0 Å². The third-order valence-corrected chi connectivity index (χ3v) is 1.97. The van der Waals surface area contributed by atoms with Crippen molar-refractivity contribution in [3.8, 4) is 5.75 Å². The highest BCUT2D eigenvalue weighted by atomic mass is 16.5. The average Bonchev–Trinajstić information content (AvgIpc) is 2.28. The molecule has 0 saturated carbocycles. The largest absolute Gasteiger partial charge is 0.490 e. The summed E-state index contributed by atoms with van der Waals surface area (Å²) >= 11 is 0. The van der Waals surface area contributed by atoms with E-state index in [0.717, 1.165) is 11.3 Å². The molecule has 0 aliphatic rings. The minimum absolute atomic E-state index is 0.305. The molecule has 1 aromatic rings. The van der Waals surface area contributed by atoms with Crippen LogP contribution in [0.5, 0.6) is 5.75 Å². The Balaban J connectivity index is 2.75. The van der Waals surface area contributed by atoms with Crippen LogP contribution >= 0.6 is 0 Å². The van der Waals surface area contributed by atoms with Crippen LogP contribution in [0.25, 0.3) is 6.08 Å². The van der Waals surface area contributed by atoms with Crippen LogP contribution in [0, 0.1) is 0 Å². The smallest absolute Gasteiger partial charge is 0.331 e. The zero-order valence-electron chi connectivity index (χ0n) is 9.14. The lowest BCUT2D eigenvalue weighted by atomic mass is 10.1. The Kier molecular flexibility index (Phi) is 4.33. The molecule has 0 aliphatic heterocycles. The predicted molar refractivity (Wildman–Crippen MR) is 63.4 cm³/mol. The number of benzene rings is 1. The van der Waals surface area contributed by atoms with Crippen LogP contribution in [0.15, 0.2) is 42.5 Å². The molecular formula is C13H14O3. The normalized spacial score (nSPS) is 10.9. The molecule has 0 saturated heterocycles. The fourth-order valence-electron chi connectivity index (χ4n) is 1.13. The average molecular weight is 218 g/mol. The van der Waals surface area contributed by atoms with Gasteiger partial charge in [-0.2, -0.15) is 0 Å². The standard InChI is InChI=1S/C13H14O3/c1-3-8-16-12-6-4-11(5-7-12)9-10(2)13(14)15/h3-7,9H,1,8H2,2H3,(H,14,15)/b10-9+. The van der Waals surface area contributed by atoms with Gasteiger partial charge in [-0.05, 0) is 30.7 Å². The minimum atomic E-state index is -0.910. The summed E-state index contributed by atoms with van der Waals surface area (Å²) < 4.78 is 5.31. The van der Waals surface area contributed by atoms with Gasteiger partial charge in [-0.3, -0.25) is 0 Å². The molecular weight excluding hydrogens is 204 g/mol. The molecule has 0 heterocycles. The first-order chi connectivity index (χ1) is 7.63. The Labute approximate surface area is 94.7 Å². The molecule has 84 valence electrons. The highest BCUT2D eigenvalue weighted by molar-refractivity contribution is 5.91. The highest BCUT2D eigenvalue weighted by Gasteiger charge is 1.99. The van der Waals surface area contributed by atoms with Crippen LogP contribution in [0.3, 0.4) is 0 Å². The summed E-state index contributed by atoms with van der Waals surface area (Å²) in [5, 5.41) is 8.71. The molecule has 0 radical (unpaired) electrons. The Morgan fingerprint density at radius 1 is 1.44 bits per heavy atom. The molecule has 0 amide bonds. The summed E-state index contributed by atoms with van der Waals surface area (Å²) in [4.78, 5) is 10.6. The number of carboxylic acid groups (broad SMARTS) is 1. The maximum atomic E-state index is 10.6. The number of hydrogen-bond donors (Lipinski definition) is 1. The van der Waals surface area contributed by atoms with E-state index in [1.165, 1.54) is 0 Å². The summed E-state index contributed by atoms with van der Waals surface area (Å²) in [6, 6.07) is 7.21. The van der Waals surface area contributed by atoms with Gasteiger partial charge in [0.25, 0.3) is 0 Å². The summed E-state index contributed by atoms with van der Waals surface area (Å²) in [5.41, 5.74) is 1.14. The van der Waals surface area contributed by atoms with Crippen molar-refractivity contribution in [2.24, 2.45) is 0 Å².